The van der Waals surface area contributed by atoms with Gasteiger partial charge in [-0.25, -0.2) is 0 Å². The maximum atomic E-state index is 12.1. The number of aromatic nitrogens is 2. The quantitative estimate of drug-likeness (QED) is 0.776. The number of ether oxygens (including phenoxy) is 2. The number of rotatable bonds is 6. The van der Waals surface area contributed by atoms with Gasteiger partial charge in [0.15, 0.2) is 0 Å². The fourth-order valence-corrected chi connectivity index (χ4v) is 2.88. The highest BCUT2D eigenvalue weighted by Crippen LogP contribution is 2.23. The van der Waals surface area contributed by atoms with Gasteiger partial charge in [0.05, 0.1) is 35.6 Å². The first-order valence-corrected chi connectivity index (χ1v) is 8.89. The van der Waals surface area contributed by atoms with Crippen molar-refractivity contribution in [1.82, 2.24) is 15.1 Å². The van der Waals surface area contributed by atoms with Crippen LogP contribution in [-0.2, 0) is 4.74 Å². The van der Waals surface area contributed by atoms with Crippen molar-refractivity contribution in [2.24, 2.45) is 0 Å². The van der Waals surface area contributed by atoms with E-state index in [0.29, 0.717) is 34.3 Å². The van der Waals surface area contributed by atoms with Gasteiger partial charge < -0.3 is 14.8 Å². The molecule has 0 radical (unpaired) electrons. The maximum absolute atomic E-state index is 12.1. The molecule has 1 aromatic carbocycles. The Kier molecular flexibility index (Phi) is 6.31. The lowest BCUT2D eigenvalue weighted by atomic mass is 10.1. The number of hydrogen-bond acceptors (Lipinski definition) is 5. The van der Waals surface area contributed by atoms with E-state index in [0.717, 1.165) is 32.6 Å². The summed E-state index contributed by atoms with van der Waals surface area (Å²) in [4.78, 5) is 12.1. The van der Waals surface area contributed by atoms with Crippen molar-refractivity contribution < 1.29 is 9.47 Å². The molecule has 3 rings (SSSR count). The standard InChI is InChI=1S/C17H19Cl2N3O3/c18-14-4-3-13(10-15(14)19)22-17(23)6-5-16(21-22)25-8-1-2-12-11-24-9-7-20-12/h3-6,10,12,20H,1-2,7-9,11H2. The van der Waals surface area contributed by atoms with Crippen molar-refractivity contribution in [3.05, 3.63) is 50.7 Å². The molecule has 0 saturated carbocycles. The second-order valence-corrected chi connectivity index (χ2v) is 6.55. The molecule has 0 amide bonds. The molecule has 0 spiro atoms. The monoisotopic (exact) mass is 383 g/mol. The van der Waals surface area contributed by atoms with Crippen LogP contribution in [-0.4, -0.2) is 42.2 Å². The van der Waals surface area contributed by atoms with Crippen LogP contribution in [0.15, 0.2) is 35.1 Å². The molecule has 1 saturated heterocycles. The average molecular weight is 384 g/mol. The van der Waals surface area contributed by atoms with Crippen LogP contribution in [0.5, 0.6) is 5.88 Å². The molecule has 2 aromatic rings. The Bertz CT molecular complexity index is 776. The van der Waals surface area contributed by atoms with Crippen LogP contribution in [0.3, 0.4) is 0 Å². The number of hydrogen-bond donors (Lipinski definition) is 1. The van der Waals surface area contributed by atoms with Crippen molar-refractivity contribution in [3.63, 3.8) is 0 Å². The van der Waals surface area contributed by atoms with Crippen molar-refractivity contribution in [2.45, 2.75) is 18.9 Å². The molecule has 1 aliphatic rings. The normalized spacial score (nSPS) is 17.4. The van der Waals surface area contributed by atoms with Crippen LogP contribution in [0.25, 0.3) is 5.69 Å². The summed E-state index contributed by atoms with van der Waals surface area (Å²) >= 11 is 11.9. The lowest BCUT2D eigenvalue weighted by Crippen LogP contribution is -2.41. The molecule has 1 unspecified atom stereocenters. The Labute approximate surface area is 155 Å². The predicted octanol–water partition coefficient (Wildman–Crippen LogP) is 2.69. The van der Waals surface area contributed by atoms with Crippen LogP contribution < -0.4 is 15.6 Å². The zero-order chi connectivity index (χ0) is 17.6. The topological polar surface area (TPSA) is 65.4 Å². The summed E-state index contributed by atoms with van der Waals surface area (Å²) in [5.74, 6) is 0.388. The molecule has 0 bridgehead atoms. The van der Waals surface area contributed by atoms with E-state index >= 15 is 0 Å². The fourth-order valence-electron chi connectivity index (χ4n) is 2.58. The van der Waals surface area contributed by atoms with Crippen LogP contribution in [0.4, 0.5) is 0 Å². The minimum Gasteiger partial charge on any atom is -0.477 e. The Hall–Kier alpha value is -1.60. The van der Waals surface area contributed by atoms with Gasteiger partial charge in [0.2, 0.25) is 5.88 Å². The summed E-state index contributed by atoms with van der Waals surface area (Å²) in [6, 6.07) is 8.26. The van der Waals surface area contributed by atoms with E-state index in [-0.39, 0.29) is 5.56 Å². The molecular formula is C17H19Cl2N3O3. The highest BCUT2D eigenvalue weighted by molar-refractivity contribution is 6.42. The Morgan fingerprint density at radius 1 is 1.28 bits per heavy atom. The van der Waals surface area contributed by atoms with Crippen molar-refractivity contribution >= 4 is 23.2 Å². The highest BCUT2D eigenvalue weighted by Gasteiger charge is 2.12. The molecule has 6 nitrogen and oxygen atoms in total. The number of morpholine rings is 1. The highest BCUT2D eigenvalue weighted by atomic mass is 35.5. The zero-order valence-corrected chi connectivity index (χ0v) is 15.1. The largest absolute Gasteiger partial charge is 0.477 e. The lowest BCUT2D eigenvalue weighted by molar-refractivity contribution is 0.0721. The van der Waals surface area contributed by atoms with E-state index in [2.05, 4.69) is 10.4 Å². The molecule has 2 heterocycles. The SMILES string of the molecule is O=c1ccc(OCCCC2COCCN2)nn1-c1ccc(Cl)c(Cl)c1. The summed E-state index contributed by atoms with van der Waals surface area (Å²) in [6.07, 6.45) is 1.83. The van der Waals surface area contributed by atoms with Gasteiger partial charge in [-0.2, -0.15) is 4.68 Å². The van der Waals surface area contributed by atoms with Gasteiger partial charge in [0.1, 0.15) is 0 Å². The second kappa shape index (κ2) is 8.67. The molecule has 1 aromatic heterocycles. The molecule has 25 heavy (non-hydrogen) atoms. The van der Waals surface area contributed by atoms with Crippen LogP contribution >= 0.6 is 23.2 Å². The van der Waals surface area contributed by atoms with Gasteiger partial charge in [-0.3, -0.25) is 4.79 Å². The third-order valence-electron chi connectivity index (χ3n) is 3.87. The second-order valence-electron chi connectivity index (χ2n) is 5.74. The van der Waals surface area contributed by atoms with E-state index in [9.17, 15) is 4.79 Å². The smallest absolute Gasteiger partial charge is 0.271 e. The van der Waals surface area contributed by atoms with Gasteiger partial charge in [0.25, 0.3) is 5.56 Å². The number of halogens is 2. The first-order valence-electron chi connectivity index (χ1n) is 8.13. The molecule has 0 aliphatic carbocycles. The van der Waals surface area contributed by atoms with Crippen molar-refractivity contribution in [3.8, 4) is 11.6 Å². The number of benzene rings is 1. The summed E-state index contributed by atoms with van der Waals surface area (Å²) < 4.78 is 12.3. The molecular weight excluding hydrogens is 365 g/mol. The minimum absolute atomic E-state index is 0.269. The minimum atomic E-state index is -0.269. The Balaban J connectivity index is 1.61. The first-order chi connectivity index (χ1) is 12.1. The van der Waals surface area contributed by atoms with Gasteiger partial charge in [-0.05, 0) is 31.0 Å². The summed E-state index contributed by atoms with van der Waals surface area (Å²) in [5, 5.41) is 8.42. The third kappa shape index (κ3) is 4.95. The molecule has 134 valence electrons. The average Bonchev–Trinajstić information content (AvgIpc) is 2.63. The van der Waals surface area contributed by atoms with E-state index in [1.54, 1.807) is 24.3 Å². The van der Waals surface area contributed by atoms with E-state index in [1.165, 1.54) is 10.7 Å². The van der Waals surface area contributed by atoms with Gasteiger partial charge >= 0.3 is 0 Å². The van der Waals surface area contributed by atoms with E-state index < -0.39 is 0 Å². The van der Waals surface area contributed by atoms with Gasteiger partial charge in [-0.15, -0.1) is 5.10 Å². The summed E-state index contributed by atoms with van der Waals surface area (Å²) in [6.45, 7) is 2.92. The number of nitrogens with zero attached hydrogens (tertiary/aromatic N) is 2. The van der Waals surface area contributed by atoms with Gasteiger partial charge in [0, 0.05) is 24.7 Å². The zero-order valence-electron chi connectivity index (χ0n) is 13.6. The first kappa shape index (κ1) is 18.2. The van der Waals surface area contributed by atoms with Gasteiger partial charge in [-0.1, -0.05) is 23.2 Å². The summed E-state index contributed by atoms with van der Waals surface area (Å²) in [7, 11) is 0. The van der Waals surface area contributed by atoms with E-state index in [4.69, 9.17) is 32.7 Å². The third-order valence-corrected chi connectivity index (χ3v) is 4.61. The fraction of sp³-hybridized carbons (Fsp3) is 0.412. The van der Waals surface area contributed by atoms with Crippen molar-refractivity contribution in [2.75, 3.05) is 26.4 Å². The van der Waals surface area contributed by atoms with Crippen molar-refractivity contribution in [1.29, 1.82) is 0 Å². The Morgan fingerprint density at radius 3 is 2.92 bits per heavy atom. The maximum Gasteiger partial charge on any atom is 0.271 e. The molecule has 1 N–H and O–H groups in total. The predicted molar refractivity (Wildman–Crippen MR) is 97.2 cm³/mol. The molecule has 8 heteroatoms. The van der Waals surface area contributed by atoms with Crippen LogP contribution in [0.2, 0.25) is 10.0 Å². The summed E-state index contributed by atoms with van der Waals surface area (Å²) in [5.41, 5.74) is 0.266. The number of nitrogens with one attached hydrogen (secondary N) is 1. The van der Waals surface area contributed by atoms with Crippen LogP contribution in [0.1, 0.15) is 12.8 Å². The molecule has 1 fully saturated rings. The van der Waals surface area contributed by atoms with E-state index in [1.807, 2.05) is 0 Å². The van der Waals surface area contributed by atoms with Crippen LogP contribution in [0, 0.1) is 0 Å². The Morgan fingerprint density at radius 2 is 2.16 bits per heavy atom. The molecule has 1 aliphatic heterocycles. The molecule has 1 atom stereocenters. The lowest BCUT2D eigenvalue weighted by Gasteiger charge is -2.23.